The fourth-order valence-corrected chi connectivity index (χ4v) is 2.04. The Labute approximate surface area is 94.4 Å². The Morgan fingerprint density at radius 3 is 2.88 bits per heavy atom. The maximum absolute atomic E-state index is 13.2. The number of unbranched alkanes of at least 4 members (excludes halogenated alkanes) is 1. The standard InChI is InChI=1S/C13H16F2O/c1-2-3-7-16-12-6-4-5-10-8-13(14,15)9-11(10)12/h4-6H,2-3,7-9H2,1H3. The molecule has 1 aliphatic carbocycles. The zero-order valence-corrected chi connectivity index (χ0v) is 9.43. The Hall–Kier alpha value is -1.12. The van der Waals surface area contributed by atoms with E-state index >= 15 is 0 Å². The number of alkyl halides is 2. The van der Waals surface area contributed by atoms with Crippen LogP contribution in [0.3, 0.4) is 0 Å². The summed E-state index contributed by atoms with van der Waals surface area (Å²) in [5, 5.41) is 0. The van der Waals surface area contributed by atoms with Crippen LogP contribution in [0.1, 0.15) is 30.9 Å². The fraction of sp³-hybridized carbons (Fsp3) is 0.538. The van der Waals surface area contributed by atoms with Crippen LogP contribution in [0.2, 0.25) is 0 Å². The van der Waals surface area contributed by atoms with Crippen molar-refractivity contribution in [2.75, 3.05) is 6.61 Å². The lowest BCUT2D eigenvalue weighted by atomic mass is 10.1. The van der Waals surface area contributed by atoms with Gasteiger partial charge in [-0.15, -0.1) is 0 Å². The molecule has 1 aromatic rings. The second-order valence-corrected chi connectivity index (χ2v) is 4.31. The molecule has 0 aromatic heterocycles. The normalized spacial score (nSPS) is 17.2. The second kappa shape index (κ2) is 4.40. The topological polar surface area (TPSA) is 9.23 Å². The van der Waals surface area contributed by atoms with E-state index in [2.05, 4.69) is 6.92 Å². The third kappa shape index (κ3) is 2.34. The minimum atomic E-state index is -2.59. The van der Waals surface area contributed by atoms with Crippen LogP contribution in [0.5, 0.6) is 5.75 Å². The van der Waals surface area contributed by atoms with Crippen LogP contribution in [0, 0.1) is 0 Å². The van der Waals surface area contributed by atoms with Crippen molar-refractivity contribution in [3.8, 4) is 5.75 Å². The molecule has 0 aliphatic heterocycles. The van der Waals surface area contributed by atoms with Crippen LogP contribution >= 0.6 is 0 Å². The van der Waals surface area contributed by atoms with Gasteiger partial charge in [0.15, 0.2) is 0 Å². The van der Waals surface area contributed by atoms with Crippen molar-refractivity contribution in [1.82, 2.24) is 0 Å². The first kappa shape index (κ1) is 11.4. The van der Waals surface area contributed by atoms with Crippen LogP contribution in [-0.2, 0) is 12.8 Å². The van der Waals surface area contributed by atoms with Gasteiger partial charge in [0.25, 0.3) is 5.92 Å². The molecular formula is C13H16F2O. The molecule has 2 rings (SSSR count). The van der Waals surface area contributed by atoms with Crippen LogP contribution in [0.25, 0.3) is 0 Å². The molecule has 0 N–H and O–H groups in total. The average Bonchev–Trinajstić information content (AvgIpc) is 2.53. The van der Waals surface area contributed by atoms with Gasteiger partial charge in [0.2, 0.25) is 0 Å². The van der Waals surface area contributed by atoms with Crippen molar-refractivity contribution in [3.05, 3.63) is 29.3 Å². The Kier molecular flexibility index (Phi) is 3.13. The highest BCUT2D eigenvalue weighted by Crippen LogP contribution is 2.39. The van der Waals surface area contributed by atoms with Crippen molar-refractivity contribution < 1.29 is 13.5 Å². The van der Waals surface area contributed by atoms with Gasteiger partial charge >= 0.3 is 0 Å². The van der Waals surface area contributed by atoms with E-state index in [0.717, 1.165) is 18.4 Å². The van der Waals surface area contributed by atoms with E-state index in [1.165, 1.54) is 0 Å². The number of rotatable bonds is 4. The monoisotopic (exact) mass is 226 g/mol. The molecule has 1 aliphatic rings. The maximum Gasteiger partial charge on any atom is 0.256 e. The van der Waals surface area contributed by atoms with Gasteiger partial charge in [-0.3, -0.25) is 0 Å². The molecule has 0 heterocycles. The van der Waals surface area contributed by atoms with E-state index in [1.54, 1.807) is 18.2 Å². The number of halogens is 2. The molecule has 0 unspecified atom stereocenters. The van der Waals surface area contributed by atoms with Crippen LogP contribution < -0.4 is 4.74 Å². The van der Waals surface area contributed by atoms with Crippen LogP contribution in [-0.4, -0.2) is 12.5 Å². The van der Waals surface area contributed by atoms with Crippen molar-refractivity contribution in [1.29, 1.82) is 0 Å². The van der Waals surface area contributed by atoms with Crippen molar-refractivity contribution in [3.63, 3.8) is 0 Å². The molecule has 0 amide bonds. The first-order chi connectivity index (χ1) is 7.62. The van der Waals surface area contributed by atoms with Gasteiger partial charge in [0.05, 0.1) is 6.61 Å². The predicted molar refractivity (Wildman–Crippen MR) is 59.2 cm³/mol. The quantitative estimate of drug-likeness (QED) is 0.713. The Bertz CT molecular complexity index is 374. The Morgan fingerprint density at radius 1 is 1.31 bits per heavy atom. The highest BCUT2D eigenvalue weighted by atomic mass is 19.3. The zero-order chi connectivity index (χ0) is 11.6. The average molecular weight is 226 g/mol. The van der Waals surface area contributed by atoms with Gasteiger partial charge in [-0.25, -0.2) is 8.78 Å². The number of ether oxygens (including phenoxy) is 1. The van der Waals surface area contributed by atoms with Crippen LogP contribution in [0.4, 0.5) is 8.78 Å². The Morgan fingerprint density at radius 2 is 2.12 bits per heavy atom. The molecule has 0 atom stereocenters. The summed E-state index contributed by atoms with van der Waals surface area (Å²) in [7, 11) is 0. The number of hydrogen-bond donors (Lipinski definition) is 0. The van der Waals surface area contributed by atoms with E-state index in [0.29, 0.717) is 17.9 Å². The Balaban J connectivity index is 2.14. The molecule has 0 spiro atoms. The molecule has 0 fully saturated rings. The number of benzene rings is 1. The zero-order valence-electron chi connectivity index (χ0n) is 9.43. The van der Waals surface area contributed by atoms with Gasteiger partial charge in [-0.1, -0.05) is 25.5 Å². The molecular weight excluding hydrogens is 210 g/mol. The molecule has 1 nitrogen and oxygen atoms in total. The van der Waals surface area contributed by atoms with Gasteiger partial charge in [-0.05, 0) is 18.1 Å². The lowest BCUT2D eigenvalue weighted by molar-refractivity contribution is 0.0127. The summed E-state index contributed by atoms with van der Waals surface area (Å²) in [5.41, 5.74) is 1.43. The molecule has 88 valence electrons. The summed E-state index contributed by atoms with van der Waals surface area (Å²) in [5.74, 6) is -1.95. The highest BCUT2D eigenvalue weighted by Gasteiger charge is 2.38. The SMILES string of the molecule is CCCCOc1cccc2c1CC(F)(F)C2. The third-order valence-electron chi connectivity index (χ3n) is 2.87. The number of fused-ring (bicyclic) bond motifs is 1. The molecule has 3 heteroatoms. The minimum absolute atomic E-state index is 0.146. The molecule has 16 heavy (non-hydrogen) atoms. The summed E-state index contributed by atoms with van der Waals surface area (Å²) in [6.07, 6.45) is 1.68. The van der Waals surface area contributed by atoms with Gasteiger partial charge in [0.1, 0.15) is 5.75 Å². The molecule has 1 aromatic carbocycles. The summed E-state index contributed by atoms with van der Waals surface area (Å²) in [6.45, 7) is 2.69. The molecule has 0 saturated heterocycles. The van der Waals surface area contributed by atoms with E-state index in [4.69, 9.17) is 4.74 Å². The highest BCUT2D eigenvalue weighted by molar-refractivity contribution is 5.45. The second-order valence-electron chi connectivity index (χ2n) is 4.31. The van der Waals surface area contributed by atoms with Crippen molar-refractivity contribution in [2.24, 2.45) is 0 Å². The molecule has 0 bridgehead atoms. The lowest BCUT2D eigenvalue weighted by Gasteiger charge is -2.10. The first-order valence-corrected chi connectivity index (χ1v) is 5.74. The van der Waals surface area contributed by atoms with Crippen molar-refractivity contribution in [2.45, 2.75) is 38.5 Å². The number of hydrogen-bond acceptors (Lipinski definition) is 1. The summed E-state index contributed by atoms with van der Waals surface area (Å²) < 4.78 is 32.0. The van der Waals surface area contributed by atoms with E-state index < -0.39 is 5.92 Å². The minimum Gasteiger partial charge on any atom is -0.493 e. The van der Waals surface area contributed by atoms with Gasteiger partial charge in [-0.2, -0.15) is 0 Å². The summed E-state index contributed by atoms with van der Waals surface area (Å²) in [4.78, 5) is 0. The van der Waals surface area contributed by atoms with E-state index in [1.807, 2.05) is 0 Å². The third-order valence-corrected chi connectivity index (χ3v) is 2.87. The maximum atomic E-state index is 13.2. The summed E-state index contributed by atoms with van der Waals surface area (Å²) in [6, 6.07) is 5.35. The predicted octanol–water partition coefficient (Wildman–Crippen LogP) is 3.60. The van der Waals surface area contributed by atoms with Crippen molar-refractivity contribution >= 4 is 0 Å². The molecule has 0 radical (unpaired) electrons. The largest absolute Gasteiger partial charge is 0.493 e. The van der Waals surface area contributed by atoms with E-state index in [9.17, 15) is 8.78 Å². The molecule has 0 saturated carbocycles. The first-order valence-electron chi connectivity index (χ1n) is 5.74. The smallest absolute Gasteiger partial charge is 0.256 e. The van der Waals surface area contributed by atoms with Crippen LogP contribution in [0.15, 0.2) is 18.2 Å². The van der Waals surface area contributed by atoms with E-state index in [-0.39, 0.29) is 12.8 Å². The lowest BCUT2D eigenvalue weighted by Crippen LogP contribution is -2.14. The summed E-state index contributed by atoms with van der Waals surface area (Å²) >= 11 is 0. The van der Waals surface area contributed by atoms with Gasteiger partial charge < -0.3 is 4.74 Å². The van der Waals surface area contributed by atoms with Gasteiger partial charge in [0, 0.05) is 18.4 Å². The fourth-order valence-electron chi connectivity index (χ4n) is 2.04.